The van der Waals surface area contributed by atoms with Crippen LogP contribution in [0.1, 0.15) is 30.5 Å². The molecule has 1 N–H and O–H groups in total. The highest BCUT2D eigenvalue weighted by Gasteiger charge is 2.32. The molecule has 0 radical (unpaired) electrons. The first-order valence-corrected chi connectivity index (χ1v) is 7.76. The molecule has 0 bridgehead atoms. The largest absolute Gasteiger partial charge is 0.507 e. The second kappa shape index (κ2) is 5.93. The van der Waals surface area contributed by atoms with E-state index in [0.717, 1.165) is 15.7 Å². The van der Waals surface area contributed by atoms with Crippen molar-refractivity contribution in [2.24, 2.45) is 5.10 Å². The number of halogens is 1. The van der Waals surface area contributed by atoms with Crippen molar-refractivity contribution in [2.75, 3.05) is 0 Å². The average molecular weight is 359 g/mol. The molecule has 2 aromatic carbocycles. The van der Waals surface area contributed by atoms with Gasteiger partial charge in [-0.3, -0.25) is 4.79 Å². The van der Waals surface area contributed by atoms with Crippen LogP contribution >= 0.6 is 15.9 Å². The van der Waals surface area contributed by atoms with Gasteiger partial charge in [0.15, 0.2) is 0 Å². The van der Waals surface area contributed by atoms with E-state index in [9.17, 15) is 9.90 Å². The molecule has 1 atom stereocenters. The number of hydrazone groups is 1. The number of amides is 1. The first-order chi connectivity index (χ1) is 10.6. The van der Waals surface area contributed by atoms with Crippen LogP contribution in [0, 0.1) is 0 Å². The van der Waals surface area contributed by atoms with Crippen molar-refractivity contribution in [1.82, 2.24) is 5.01 Å². The molecule has 1 aliphatic heterocycles. The fourth-order valence-electron chi connectivity index (χ4n) is 2.63. The van der Waals surface area contributed by atoms with Crippen molar-refractivity contribution in [3.8, 4) is 5.75 Å². The predicted octanol–water partition coefficient (Wildman–Crippen LogP) is 3.85. The number of aromatic hydroxyl groups is 1. The third-order valence-corrected chi connectivity index (χ3v) is 4.23. The summed E-state index contributed by atoms with van der Waals surface area (Å²) in [5, 5.41) is 15.9. The fourth-order valence-corrected chi connectivity index (χ4v) is 2.89. The minimum atomic E-state index is -0.139. The maximum Gasteiger partial charge on any atom is 0.240 e. The van der Waals surface area contributed by atoms with E-state index >= 15 is 0 Å². The Kier molecular flexibility index (Phi) is 3.98. The number of carbonyl (C=O) groups excluding carboxylic acids is 1. The van der Waals surface area contributed by atoms with E-state index in [1.165, 1.54) is 11.9 Å². The maximum absolute atomic E-state index is 11.9. The molecule has 0 saturated heterocycles. The monoisotopic (exact) mass is 358 g/mol. The van der Waals surface area contributed by atoms with Crippen LogP contribution in [0.4, 0.5) is 0 Å². The van der Waals surface area contributed by atoms with Gasteiger partial charge in [-0.2, -0.15) is 5.10 Å². The smallest absolute Gasteiger partial charge is 0.240 e. The lowest BCUT2D eigenvalue weighted by atomic mass is 9.98. The van der Waals surface area contributed by atoms with Gasteiger partial charge in [-0.15, -0.1) is 0 Å². The van der Waals surface area contributed by atoms with E-state index in [-0.39, 0.29) is 17.7 Å². The summed E-state index contributed by atoms with van der Waals surface area (Å²) in [6.07, 6.45) is 0.582. The minimum absolute atomic E-state index is 0.113. The van der Waals surface area contributed by atoms with E-state index in [2.05, 4.69) is 21.0 Å². The molecular formula is C17H15BrN2O2. The van der Waals surface area contributed by atoms with Crippen molar-refractivity contribution in [3.63, 3.8) is 0 Å². The third kappa shape index (κ3) is 2.76. The second-order valence-electron chi connectivity index (χ2n) is 5.20. The number of hydrogen-bond donors (Lipinski definition) is 1. The lowest BCUT2D eigenvalue weighted by Gasteiger charge is -2.20. The zero-order chi connectivity index (χ0) is 15.7. The summed E-state index contributed by atoms with van der Waals surface area (Å²) in [6, 6.07) is 14.8. The lowest BCUT2D eigenvalue weighted by Crippen LogP contribution is -2.24. The number of phenolic OH excluding ortho intramolecular Hbond substituents is 1. The van der Waals surface area contributed by atoms with Gasteiger partial charge < -0.3 is 5.11 Å². The van der Waals surface area contributed by atoms with Crippen molar-refractivity contribution in [1.29, 1.82) is 0 Å². The molecule has 0 spiro atoms. The number of rotatable bonds is 2. The molecule has 5 heteroatoms. The molecule has 1 heterocycles. The maximum atomic E-state index is 11.9. The summed E-state index contributed by atoms with van der Waals surface area (Å²) < 4.78 is 0.991. The molecule has 1 unspecified atom stereocenters. The first-order valence-electron chi connectivity index (χ1n) is 6.97. The highest BCUT2D eigenvalue weighted by Crippen LogP contribution is 2.34. The van der Waals surface area contributed by atoms with Gasteiger partial charge in [-0.05, 0) is 29.8 Å². The number of phenols is 1. The van der Waals surface area contributed by atoms with Gasteiger partial charge in [-0.1, -0.05) is 40.2 Å². The molecule has 1 amide bonds. The van der Waals surface area contributed by atoms with Gasteiger partial charge in [0.2, 0.25) is 5.91 Å². The Morgan fingerprint density at radius 3 is 2.55 bits per heavy atom. The Morgan fingerprint density at radius 1 is 1.23 bits per heavy atom. The van der Waals surface area contributed by atoms with Crippen LogP contribution in [0.2, 0.25) is 0 Å². The normalized spacial score (nSPS) is 17.5. The fraction of sp³-hybridized carbons (Fsp3) is 0.176. The van der Waals surface area contributed by atoms with Gasteiger partial charge in [0, 0.05) is 23.4 Å². The molecule has 2 aromatic rings. The van der Waals surface area contributed by atoms with Crippen LogP contribution in [0.15, 0.2) is 58.1 Å². The standard InChI is InChI=1S/C17H15BrN2O2/c1-11(21)20-16(12-6-8-13(18)9-7-12)10-15(19-20)14-4-2-3-5-17(14)22/h2-9,16,22H,10H2,1H3. The zero-order valence-electron chi connectivity index (χ0n) is 12.0. The molecule has 1 aliphatic rings. The molecule has 0 saturated carbocycles. The van der Waals surface area contributed by atoms with Crippen molar-refractivity contribution in [3.05, 3.63) is 64.1 Å². The Labute approximate surface area is 137 Å². The van der Waals surface area contributed by atoms with Crippen molar-refractivity contribution >= 4 is 27.5 Å². The SMILES string of the molecule is CC(=O)N1N=C(c2ccccc2O)CC1c1ccc(Br)cc1. The van der Waals surface area contributed by atoms with Gasteiger partial charge in [0.1, 0.15) is 5.75 Å². The van der Waals surface area contributed by atoms with Gasteiger partial charge in [0.25, 0.3) is 0 Å². The van der Waals surface area contributed by atoms with Crippen LogP contribution in [-0.2, 0) is 4.79 Å². The van der Waals surface area contributed by atoms with Gasteiger partial charge in [-0.25, -0.2) is 5.01 Å². The topological polar surface area (TPSA) is 52.9 Å². The predicted molar refractivity (Wildman–Crippen MR) is 88.7 cm³/mol. The molecule has 0 fully saturated rings. The molecule has 22 heavy (non-hydrogen) atoms. The summed E-state index contributed by atoms with van der Waals surface area (Å²) in [7, 11) is 0. The highest BCUT2D eigenvalue weighted by molar-refractivity contribution is 9.10. The molecule has 0 aliphatic carbocycles. The van der Waals surface area contributed by atoms with Gasteiger partial charge in [0.05, 0.1) is 11.8 Å². The third-order valence-electron chi connectivity index (χ3n) is 3.70. The quantitative estimate of drug-likeness (QED) is 0.886. The Morgan fingerprint density at radius 2 is 1.91 bits per heavy atom. The van der Waals surface area contributed by atoms with Crippen LogP contribution in [-0.4, -0.2) is 21.7 Å². The molecule has 3 rings (SSSR count). The number of nitrogens with zero attached hydrogens (tertiary/aromatic N) is 2. The number of hydrogen-bond acceptors (Lipinski definition) is 3. The van der Waals surface area contributed by atoms with Crippen molar-refractivity contribution in [2.45, 2.75) is 19.4 Å². The lowest BCUT2D eigenvalue weighted by molar-refractivity contribution is -0.130. The molecule has 0 aromatic heterocycles. The minimum Gasteiger partial charge on any atom is -0.507 e. The summed E-state index contributed by atoms with van der Waals surface area (Å²) in [4.78, 5) is 11.9. The molecular weight excluding hydrogens is 344 g/mol. The summed E-state index contributed by atoms with van der Waals surface area (Å²) in [5.41, 5.74) is 2.42. The Bertz CT molecular complexity index is 741. The molecule has 112 valence electrons. The average Bonchev–Trinajstić information content (AvgIpc) is 2.93. The highest BCUT2D eigenvalue weighted by atomic mass is 79.9. The number of benzene rings is 2. The second-order valence-corrected chi connectivity index (χ2v) is 6.11. The Balaban J connectivity index is 1.96. The van der Waals surface area contributed by atoms with Gasteiger partial charge >= 0.3 is 0 Å². The first kappa shape index (κ1) is 14.8. The van der Waals surface area contributed by atoms with Crippen LogP contribution < -0.4 is 0 Å². The number of para-hydroxylation sites is 1. The summed E-state index contributed by atoms with van der Waals surface area (Å²) >= 11 is 3.41. The van der Waals surface area contributed by atoms with E-state index in [1.807, 2.05) is 36.4 Å². The summed E-state index contributed by atoms with van der Waals surface area (Å²) in [5.74, 6) is 0.0690. The van der Waals surface area contributed by atoms with E-state index in [4.69, 9.17) is 0 Å². The number of carbonyl (C=O) groups is 1. The zero-order valence-corrected chi connectivity index (χ0v) is 13.6. The van der Waals surface area contributed by atoms with Crippen molar-refractivity contribution < 1.29 is 9.90 Å². The Hall–Kier alpha value is -2.14. The van der Waals surface area contributed by atoms with Crippen LogP contribution in [0.25, 0.3) is 0 Å². The van der Waals surface area contributed by atoms with Crippen LogP contribution in [0.5, 0.6) is 5.75 Å². The molecule has 4 nitrogen and oxygen atoms in total. The van der Waals surface area contributed by atoms with E-state index in [1.54, 1.807) is 12.1 Å². The van der Waals surface area contributed by atoms with Crippen LogP contribution in [0.3, 0.4) is 0 Å². The van der Waals surface area contributed by atoms with E-state index < -0.39 is 0 Å². The summed E-state index contributed by atoms with van der Waals surface area (Å²) in [6.45, 7) is 1.50. The van der Waals surface area contributed by atoms with E-state index in [0.29, 0.717) is 12.0 Å².